The molecular weight excluding hydrogens is 550 g/mol. The Balaban J connectivity index is 1.59. The smallest absolute Gasteiger partial charge is 0.257 e. The maximum Gasteiger partial charge on any atom is 0.257 e. The van der Waals surface area contributed by atoms with Crippen LogP contribution in [0.2, 0.25) is 0 Å². The summed E-state index contributed by atoms with van der Waals surface area (Å²) in [5.74, 6) is 0.477. The third kappa shape index (κ3) is 6.16. The lowest BCUT2D eigenvalue weighted by Crippen LogP contribution is -2.40. The van der Waals surface area contributed by atoms with Crippen LogP contribution in [-0.2, 0) is 19.4 Å². The zero-order valence-electron chi connectivity index (χ0n) is 23.1. The monoisotopic (exact) mass is 581 g/mol. The highest BCUT2D eigenvalue weighted by Crippen LogP contribution is 2.38. The standard InChI is InChI=1S/C27H31N7O6S/c1-15(35)30-22-12-19(17(13-29-22)18-7-8-21-26(32-18)39-14-27(2,3)40-21)31-23-10-16(11-24(33-23)41(4,37)38)34-9-5-6-20(34)25(28)36/h7-8,10-13,20H,5-6,9,14H2,1-4H3,(H2,28,36)(H2,29,30,31,33,35)/t20-/m0/s1. The summed E-state index contributed by atoms with van der Waals surface area (Å²) in [5, 5.41) is 5.65. The van der Waals surface area contributed by atoms with E-state index in [4.69, 9.17) is 15.2 Å². The van der Waals surface area contributed by atoms with E-state index in [9.17, 15) is 18.0 Å². The molecular formula is C27H31N7O6S. The number of sulfone groups is 1. The van der Waals surface area contributed by atoms with Crippen molar-refractivity contribution in [3.63, 3.8) is 0 Å². The largest absolute Gasteiger partial charge is 0.479 e. The molecule has 3 aromatic rings. The van der Waals surface area contributed by atoms with E-state index in [1.165, 1.54) is 19.2 Å². The molecule has 1 fully saturated rings. The van der Waals surface area contributed by atoms with Crippen molar-refractivity contribution < 1.29 is 27.5 Å². The first kappa shape index (κ1) is 28.1. The predicted octanol–water partition coefficient (Wildman–Crippen LogP) is 2.65. The topological polar surface area (TPSA) is 179 Å². The summed E-state index contributed by atoms with van der Waals surface area (Å²) in [6.07, 6.45) is 3.89. The summed E-state index contributed by atoms with van der Waals surface area (Å²) in [5.41, 5.74) is 7.06. The highest BCUT2D eigenvalue weighted by atomic mass is 32.2. The van der Waals surface area contributed by atoms with Crippen molar-refractivity contribution in [2.75, 3.05) is 34.9 Å². The van der Waals surface area contributed by atoms with E-state index in [-0.39, 0.29) is 22.6 Å². The van der Waals surface area contributed by atoms with Crippen LogP contribution in [0.4, 0.5) is 23.0 Å². The van der Waals surface area contributed by atoms with Crippen LogP contribution in [0.5, 0.6) is 11.6 Å². The van der Waals surface area contributed by atoms with Crippen molar-refractivity contribution in [1.29, 1.82) is 0 Å². The fourth-order valence-corrected chi connectivity index (χ4v) is 5.36. The second kappa shape index (κ2) is 10.5. The molecule has 2 aliphatic rings. The minimum absolute atomic E-state index is 0.176. The van der Waals surface area contributed by atoms with E-state index >= 15 is 0 Å². The van der Waals surface area contributed by atoms with Crippen LogP contribution in [-0.4, -0.2) is 66.2 Å². The van der Waals surface area contributed by atoms with E-state index in [0.29, 0.717) is 53.8 Å². The number of carbonyl (C=O) groups excluding carboxylic acids is 2. The number of amides is 2. The Morgan fingerprint density at radius 2 is 1.93 bits per heavy atom. The molecule has 0 aliphatic carbocycles. The van der Waals surface area contributed by atoms with Crippen LogP contribution >= 0.6 is 0 Å². The number of anilines is 4. The fourth-order valence-electron chi connectivity index (χ4n) is 4.76. The Labute approximate surface area is 237 Å². The molecule has 2 amide bonds. The molecule has 5 rings (SSSR count). The van der Waals surface area contributed by atoms with Crippen LogP contribution in [0, 0.1) is 0 Å². The molecule has 5 heterocycles. The second-order valence-electron chi connectivity index (χ2n) is 10.6. The van der Waals surface area contributed by atoms with E-state index in [0.717, 1.165) is 12.7 Å². The van der Waals surface area contributed by atoms with Gasteiger partial charge in [-0.05, 0) is 44.9 Å². The predicted molar refractivity (Wildman–Crippen MR) is 152 cm³/mol. The zero-order chi connectivity index (χ0) is 29.5. The molecule has 1 atom stereocenters. The molecule has 1 saturated heterocycles. The lowest BCUT2D eigenvalue weighted by Gasteiger charge is -2.31. The summed E-state index contributed by atoms with van der Waals surface area (Å²) in [4.78, 5) is 38.9. The number of ether oxygens (including phenoxy) is 2. The van der Waals surface area contributed by atoms with Gasteiger partial charge in [0.2, 0.25) is 11.8 Å². The Hall–Kier alpha value is -4.46. The molecule has 0 radical (unpaired) electrons. The lowest BCUT2D eigenvalue weighted by atomic mass is 10.1. The SMILES string of the molecule is CC(=O)Nc1cc(Nc2cc(N3CCC[C@H]3C(N)=O)cc(S(C)(=O)=O)n2)c(-c2ccc3c(n2)OCC(C)(C)O3)cn1. The summed E-state index contributed by atoms with van der Waals surface area (Å²) in [6, 6.07) is 7.61. The van der Waals surface area contributed by atoms with Crippen molar-refractivity contribution in [3.05, 3.63) is 36.5 Å². The van der Waals surface area contributed by atoms with Crippen LogP contribution in [0.1, 0.15) is 33.6 Å². The van der Waals surface area contributed by atoms with Gasteiger partial charge < -0.3 is 30.7 Å². The maximum atomic E-state index is 12.6. The van der Waals surface area contributed by atoms with Crippen LogP contribution in [0.15, 0.2) is 41.6 Å². The van der Waals surface area contributed by atoms with Gasteiger partial charge in [-0.3, -0.25) is 9.59 Å². The van der Waals surface area contributed by atoms with Gasteiger partial charge in [0.05, 0.1) is 11.4 Å². The first-order chi connectivity index (χ1) is 19.3. The number of fused-ring (bicyclic) bond motifs is 1. The lowest BCUT2D eigenvalue weighted by molar-refractivity contribution is -0.119. The Kier molecular flexibility index (Phi) is 7.19. The van der Waals surface area contributed by atoms with Gasteiger partial charge in [0, 0.05) is 49.3 Å². The number of pyridine rings is 3. The number of rotatable bonds is 7. The molecule has 0 unspecified atom stereocenters. The number of hydrogen-bond donors (Lipinski definition) is 3. The molecule has 0 saturated carbocycles. The van der Waals surface area contributed by atoms with Crippen molar-refractivity contribution >= 4 is 44.7 Å². The number of primary amides is 1. The van der Waals surface area contributed by atoms with Gasteiger partial charge in [-0.2, -0.15) is 0 Å². The minimum atomic E-state index is -3.72. The minimum Gasteiger partial charge on any atom is -0.479 e. The summed E-state index contributed by atoms with van der Waals surface area (Å²) in [6.45, 7) is 6.04. The molecule has 3 aromatic heterocycles. The molecule has 2 aliphatic heterocycles. The zero-order valence-corrected chi connectivity index (χ0v) is 23.9. The average molecular weight is 582 g/mol. The van der Waals surface area contributed by atoms with Gasteiger partial charge >= 0.3 is 0 Å². The molecule has 41 heavy (non-hydrogen) atoms. The number of carbonyl (C=O) groups is 2. The second-order valence-corrected chi connectivity index (χ2v) is 12.6. The molecule has 0 spiro atoms. The van der Waals surface area contributed by atoms with E-state index in [1.807, 2.05) is 13.8 Å². The maximum absolute atomic E-state index is 12.6. The van der Waals surface area contributed by atoms with Crippen molar-refractivity contribution in [2.45, 2.75) is 50.3 Å². The quantitative estimate of drug-likeness (QED) is 0.373. The van der Waals surface area contributed by atoms with Crippen molar-refractivity contribution in [2.24, 2.45) is 5.73 Å². The van der Waals surface area contributed by atoms with E-state index in [1.54, 1.807) is 29.2 Å². The fraction of sp³-hybridized carbons (Fsp3) is 0.370. The normalized spacial score (nSPS) is 17.7. The van der Waals surface area contributed by atoms with Gasteiger partial charge in [0.25, 0.3) is 5.88 Å². The Morgan fingerprint density at radius 1 is 1.15 bits per heavy atom. The Morgan fingerprint density at radius 3 is 2.63 bits per heavy atom. The highest BCUT2D eigenvalue weighted by molar-refractivity contribution is 7.90. The first-order valence-electron chi connectivity index (χ1n) is 12.9. The molecule has 0 aromatic carbocycles. The number of aromatic nitrogens is 3. The summed E-state index contributed by atoms with van der Waals surface area (Å²) < 4.78 is 36.9. The van der Waals surface area contributed by atoms with Crippen LogP contribution < -0.4 is 30.7 Å². The molecule has 4 N–H and O–H groups in total. The highest BCUT2D eigenvalue weighted by Gasteiger charge is 2.31. The average Bonchev–Trinajstić information content (AvgIpc) is 3.38. The number of nitrogens with one attached hydrogen (secondary N) is 2. The van der Waals surface area contributed by atoms with Gasteiger partial charge in [-0.15, -0.1) is 0 Å². The number of nitrogens with zero attached hydrogens (tertiary/aromatic N) is 4. The third-order valence-corrected chi connectivity index (χ3v) is 7.56. The third-order valence-electron chi connectivity index (χ3n) is 6.59. The number of nitrogens with two attached hydrogens (primary N) is 1. The van der Waals surface area contributed by atoms with Gasteiger partial charge in [0.1, 0.15) is 29.9 Å². The Bertz CT molecular complexity index is 1640. The first-order valence-corrected chi connectivity index (χ1v) is 14.8. The van der Waals surface area contributed by atoms with Gasteiger partial charge in [0.15, 0.2) is 20.6 Å². The molecule has 216 valence electrons. The van der Waals surface area contributed by atoms with E-state index in [2.05, 4.69) is 25.6 Å². The number of hydrogen-bond acceptors (Lipinski definition) is 11. The van der Waals surface area contributed by atoms with Crippen LogP contribution in [0.25, 0.3) is 11.3 Å². The van der Waals surface area contributed by atoms with Gasteiger partial charge in [-0.1, -0.05) is 0 Å². The van der Waals surface area contributed by atoms with Gasteiger partial charge in [-0.25, -0.2) is 23.4 Å². The summed E-state index contributed by atoms with van der Waals surface area (Å²) >= 11 is 0. The molecule has 14 heteroatoms. The van der Waals surface area contributed by atoms with E-state index < -0.39 is 27.4 Å². The molecule has 13 nitrogen and oxygen atoms in total. The van der Waals surface area contributed by atoms with Crippen molar-refractivity contribution in [3.8, 4) is 22.9 Å². The summed E-state index contributed by atoms with van der Waals surface area (Å²) in [7, 11) is -3.72. The van der Waals surface area contributed by atoms with Crippen LogP contribution in [0.3, 0.4) is 0 Å². The molecule has 0 bridgehead atoms. The van der Waals surface area contributed by atoms with Crippen molar-refractivity contribution in [1.82, 2.24) is 15.0 Å².